The molecule has 0 spiro atoms. The highest BCUT2D eigenvalue weighted by Crippen LogP contribution is 2.29. The van der Waals surface area contributed by atoms with Gasteiger partial charge in [-0.25, -0.2) is 0 Å². The molecule has 1 fully saturated rings. The van der Waals surface area contributed by atoms with Crippen molar-refractivity contribution in [3.8, 4) is 0 Å². The second-order valence-electron chi connectivity index (χ2n) is 4.77. The van der Waals surface area contributed by atoms with Crippen LogP contribution in [0.3, 0.4) is 0 Å². The van der Waals surface area contributed by atoms with Crippen molar-refractivity contribution in [1.82, 2.24) is 15.5 Å². The van der Waals surface area contributed by atoms with E-state index in [1.807, 2.05) is 0 Å². The molecule has 19 heavy (non-hydrogen) atoms. The first-order valence-corrected chi connectivity index (χ1v) is 7.81. The van der Waals surface area contributed by atoms with Crippen molar-refractivity contribution in [3.63, 3.8) is 0 Å². The van der Waals surface area contributed by atoms with Crippen LogP contribution in [0.4, 0.5) is 0 Å². The summed E-state index contributed by atoms with van der Waals surface area (Å²) in [4.78, 5) is 0. The van der Waals surface area contributed by atoms with Crippen molar-refractivity contribution >= 4 is 11.3 Å². The summed E-state index contributed by atoms with van der Waals surface area (Å²) in [6.07, 6.45) is 4.30. The van der Waals surface area contributed by atoms with Gasteiger partial charge in [0.15, 0.2) is 0 Å². The Balaban J connectivity index is 1.66. The van der Waals surface area contributed by atoms with E-state index in [4.69, 9.17) is 9.47 Å². The first kappa shape index (κ1) is 14.8. The highest BCUT2D eigenvalue weighted by Gasteiger charge is 2.19. The maximum Gasteiger partial charge on any atom is 0.120 e. The lowest BCUT2D eigenvalue weighted by atomic mass is 10.0. The summed E-state index contributed by atoms with van der Waals surface area (Å²) in [7, 11) is 1.72. The lowest BCUT2D eigenvalue weighted by Gasteiger charge is -2.18. The maximum atomic E-state index is 5.38. The zero-order valence-electron chi connectivity index (χ0n) is 11.6. The van der Waals surface area contributed by atoms with Crippen LogP contribution in [0.15, 0.2) is 0 Å². The minimum atomic E-state index is 0.569. The van der Waals surface area contributed by atoms with Gasteiger partial charge in [0.2, 0.25) is 0 Å². The molecule has 0 bridgehead atoms. The number of hydrogen-bond donors (Lipinski definition) is 1. The lowest BCUT2D eigenvalue weighted by Crippen LogP contribution is -2.20. The van der Waals surface area contributed by atoms with Crippen LogP contribution in [-0.2, 0) is 15.9 Å². The Morgan fingerprint density at radius 1 is 1.32 bits per heavy atom. The molecule has 1 N–H and O–H groups in total. The van der Waals surface area contributed by atoms with Crippen LogP contribution in [0.5, 0.6) is 0 Å². The molecule has 0 aliphatic carbocycles. The molecular formula is C13H23N3O2S. The van der Waals surface area contributed by atoms with E-state index in [2.05, 4.69) is 15.5 Å². The molecule has 5 nitrogen and oxygen atoms in total. The van der Waals surface area contributed by atoms with E-state index in [1.54, 1.807) is 18.4 Å². The van der Waals surface area contributed by atoms with Gasteiger partial charge in [-0.2, -0.15) is 0 Å². The Morgan fingerprint density at radius 3 is 2.95 bits per heavy atom. The first-order valence-electron chi connectivity index (χ1n) is 7.00. The molecule has 2 heterocycles. The van der Waals surface area contributed by atoms with E-state index in [0.29, 0.717) is 5.92 Å². The average Bonchev–Trinajstić information content (AvgIpc) is 2.92. The van der Waals surface area contributed by atoms with Gasteiger partial charge in [-0.15, -0.1) is 21.5 Å². The third kappa shape index (κ3) is 5.14. The molecule has 1 aromatic rings. The summed E-state index contributed by atoms with van der Waals surface area (Å²) in [5, 5.41) is 14.3. The number of aromatic nitrogens is 2. The van der Waals surface area contributed by atoms with E-state index in [-0.39, 0.29) is 0 Å². The normalized spacial score (nSPS) is 16.9. The van der Waals surface area contributed by atoms with Crippen molar-refractivity contribution in [2.24, 2.45) is 0 Å². The molecule has 1 saturated heterocycles. The minimum Gasteiger partial charge on any atom is -0.383 e. The van der Waals surface area contributed by atoms with Crippen molar-refractivity contribution in [3.05, 3.63) is 10.0 Å². The smallest absolute Gasteiger partial charge is 0.120 e. The highest BCUT2D eigenvalue weighted by atomic mass is 32.1. The Bertz CT molecular complexity index is 353. The molecule has 1 aromatic heterocycles. The summed E-state index contributed by atoms with van der Waals surface area (Å²) in [5.41, 5.74) is 0. The van der Waals surface area contributed by atoms with Gasteiger partial charge in [-0.3, -0.25) is 0 Å². The number of hydrogen-bond acceptors (Lipinski definition) is 6. The molecule has 0 saturated carbocycles. The van der Waals surface area contributed by atoms with E-state index < -0.39 is 0 Å². The summed E-state index contributed by atoms with van der Waals surface area (Å²) in [6, 6.07) is 0. The second kappa shape index (κ2) is 8.58. The van der Waals surface area contributed by atoms with E-state index in [1.165, 1.54) is 5.01 Å². The lowest BCUT2D eigenvalue weighted by molar-refractivity contribution is 0.0851. The van der Waals surface area contributed by atoms with Crippen LogP contribution in [0.1, 0.15) is 35.2 Å². The largest absolute Gasteiger partial charge is 0.383 e. The third-order valence-corrected chi connectivity index (χ3v) is 4.43. The van der Waals surface area contributed by atoms with Crippen molar-refractivity contribution < 1.29 is 9.47 Å². The van der Waals surface area contributed by atoms with Crippen LogP contribution >= 0.6 is 11.3 Å². The maximum absolute atomic E-state index is 5.38. The fraction of sp³-hybridized carbons (Fsp3) is 0.846. The Morgan fingerprint density at radius 2 is 2.16 bits per heavy atom. The standard InChI is InChI=1S/C13H23N3O2S/c1-17-10-7-14-6-2-3-12-15-16-13(19-12)11-4-8-18-9-5-11/h11,14H,2-10H2,1H3. The zero-order valence-corrected chi connectivity index (χ0v) is 12.4. The molecule has 0 unspecified atom stereocenters. The van der Waals surface area contributed by atoms with Gasteiger partial charge in [0.1, 0.15) is 10.0 Å². The number of methoxy groups -OCH3 is 1. The fourth-order valence-corrected chi connectivity index (χ4v) is 3.19. The summed E-state index contributed by atoms with van der Waals surface area (Å²) in [5.74, 6) is 0.569. The molecule has 0 radical (unpaired) electrons. The summed E-state index contributed by atoms with van der Waals surface area (Å²) >= 11 is 1.78. The van der Waals surface area contributed by atoms with E-state index >= 15 is 0 Å². The SMILES string of the molecule is COCCNCCCc1nnc(C2CCOCC2)s1. The minimum absolute atomic E-state index is 0.569. The predicted molar refractivity (Wildman–Crippen MR) is 75.8 cm³/mol. The monoisotopic (exact) mass is 285 g/mol. The van der Waals surface area contributed by atoms with Gasteiger partial charge in [-0.05, 0) is 25.8 Å². The van der Waals surface area contributed by atoms with Crippen LogP contribution in [-0.4, -0.2) is 50.2 Å². The average molecular weight is 285 g/mol. The number of nitrogens with one attached hydrogen (secondary N) is 1. The van der Waals surface area contributed by atoms with Gasteiger partial charge >= 0.3 is 0 Å². The molecule has 1 aliphatic rings. The summed E-state index contributed by atoms with van der Waals surface area (Å²) in [6.45, 7) is 4.42. The summed E-state index contributed by atoms with van der Waals surface area (Å²) < 4.78 is 10.4. The molecule has 6 heteroatoms. The van der Waals surface area contributed by atoms with Gasteiger partial charge in [0, 0.05) is 39.2 Å². The van der Waals surface area contributed by atoms with Crippen LogP contribution < -0.4 is 5.32 Å². The van der Waals surface area contributed by atoms with Gasteiger partial charge < -0.3 is 14.8 Å². The number of ether oxygens (including phenoxy) is 2. The first-order chi connectivity index (χ1) is 9.40. The van der Waals surface area contributed by atoms with Crippen LogP contribution in [0, 0.1) is 0 Å². The molecule has 2 rings (SSSR count). The molecule has 0 amide bonds. The molecule has 1 aliphatic heterocycles. The Labute approximate surface area is 118 Å². The van der Waals surface area contributed by atoms with Gasteiger partial charge in [0.05, 0.1) is 6.61 Å². The topological polar surface area (TPSA) is 56.3 Å². The highest BCUT2D eigenvalue weighted by molar-refractivity contribution is 7.11. The van der Waals surface area contributed by atoms with Gasteiger partial charge in [0.25, 0.3) is 0 Å². The second-order valence-corrected chi connectivity index (χ2v) is 5.86. The quantitative estimate of drug-likeness (QED) is 0.735. The zero-order chi connectivity index (χ0) is 13.3. The van der Waals surface area contributed by atoms with Gasteiger partial charge in [-0.1, -0.05) is 0 Å². The van der Waals surface area contributed by atoms with Crippen molar-refractivity contribution in [2.75, 3.05) is 40.0 Å². The third-order valence-electron chi connectivity index (χ3n) is 3.28. The van der Waals surface area contributed by atoms with E-state index in [9.17, 15) is 0 Å². The molecule has 0 aromatic carbocycles. The van der Waals surface area contributed by atoms with Crippen molar-refractivity contribution in [1.29, 1.82) is 0 Å². The predicted octanol–water partition coefficient (Wildman–Crippen LogP) is 1.60. The van der Waals surface area contributed by atoms with Crippen molar-refractivity contribution in [2.45, 2.75) is 31.6 Å². The fourth-order valence-electron chi connectivity index (χ4n) is 2.14. The van der Waals surface area contributed by atoms with Crippen LogP contribution in [0.25, 0.3) is 0 Å². The Hall–Kier alpha value is -0.560. The number of aryl methyl sites for hydroxylation is 1. The van der Waals surface area contributed by atoms with E-state index in [0.717, 1.165) is 63.6 Å². The molecule has 0 atom stereocenters. The molecular weight excluding hydrogens is 262 g/mol. The molecule has 108 valence electrons. The number of nitrogens with zero attached hydrogens (tertiary/aromatic N) is 2. The Kier molecular flexibility index (Phi) is 6.70. The number of rotatable bonds is 8. The van der Waals surface area contributed by atoms with Crippen LogP contribution in [0.2, 0.25) is 0 Å².